The molecule has 1 aromatic carbocycles. The summed E-state index contributed by atoms with van der Waals surface area (Å²) in [6.45, 7) is 2.94. The summed E-state index contributed by atoms with van der Waals surface area (Å²) in [5, 5.41) is 6.89. The van der Waals surface area contributed by atoms with Crippen LogP contribution in [0.1, 0.15) is 39.8 Å². The number of benzene rings is 1. The van der Waals surface area contributed by atoms with Gasteiger partial charge in [-0.1, -0.05) is 6.07 Å². The molecular formula is C17H17FN4O2S. The number of rotatable bonds is 2. The van der Waals surface area contributed by atoms with Gasteiger partial charge in [0, 0.05) is 29.1 Å². The molecule has 130 valence electrons. The summed E-state index contributed by atoms with van der Waals surface area (Å²) >= 11 is 1.33. The number of piperidine rings is 1. The molecule has 6 nitrogen and oxygen atoms in total. The normalized spacial score (nSPS) is 18.0. The van der Waals surface area contributed by atoms with Crippen molar-refractivity contribution in [3.8, 4) is 0 Å². The lowest BCUT2D eigenvalue weighted by molar-refractivity contribution is 0.0709. The Morgan fingerprint density at radius 3 is 3.00 bits per heavy atom. The van der Waals surface area contributed by atoms with Crippen molar-refractivity contribution in [1.82, 2.24) is 20.1 Å². The van der Waals surface area contributed by atoms with Crippen LogP contribution in [0.4, 0.5) is 4.39 Å². The average molecular weight is 360 g/mol. The van der Waals surface area contributed by atoms with Crippen LogP contribution in [0.3, 0.4) is 0 Å². The summed E-state index contributed by atoms with van der Waals surface area (Å²) in [4.78, 5) is 29.3. The van der Waals surface area contributed by atoms with E-state index in [0.29, 0.717) is 34.7 Å². The summed E-state index contributed by atoms with van der Waals surface area (Å²) in [6, 6.07) is 4.91. The Morgan fingerprint density at radius 1 is 1.44 bits per heavy atom. The van der Waals surface area contributed by atoms with Crippen molar-refractivity contribution in [2.24, 2.45) is 0 Å². The molecule has 1 amide bonds. The molecule has 8 heteroatoms. The highest BCUT2D eigenvalue weighted by Crippen LogP contribution is 2.34. The zero-order valence-corrected chi connectivity index (χ0v) is 14.5. The lowest BCUT2D eigenvalue weighted by atomic mass is 9.97. The molecule has 2 aromatic heterocycles. The van der Waals surface area contributed by atoms with Gasteiger partial charge in [0.15, 0.2) is 0 Å². The molecule has 3 aromatic rings. The number of carbonyl (C=O) groups excluding carboxylic acids is 1. The Balaban J connectivity index is 1.63. The number of carbonyl (C=O) groups is 1. The second kappa shape index (κ2) is 6.11. The fraction of sp³-hybridized carbons (Fsp3) is 0.353. The Labute approximate surface area is 146 Å². The highest BCUT2D eigenvalue weighted by molar-refractivity contribution is 7.21. The Hall–Kier alpha value is -2.48. The van der Waals surface area contributed by atoms with Crippen molar-refractivity contribution in [1.29, 1.82) is 0 Å². The van der Waals surface area contributed by atoms with Gasteiger partial charge in [-0.25, -0.2) is 14.3 Å². The molecule has 1 aliphatic heterocycles. The van der Waals surface area contributed by atoms with Gasteiger partial charge in [0.1, 0.15) is 11.6 Å². The Bertz CT molecular complexity index is 1010. The van der Waals surface area contributed by atoms with Gasteiger partial charge in [0.05, 0.1) is 4.88 Å². The number of likely N-dealkylation sites (tertiary alicyclic amines) is 1. The minimum Gasteiger partial charge on any atom is -0.337 e. The van der Waals surface area contributed by atoms with Crippen LogP contribution < -0.4 is 5.69 Å². The molecule has 0 aliphatic carbocycles. The first-order valence-electron chi connectivity index (χ1n) is 8.16. The van der Waals surface area contributed by atoms with E-state index >= 15 is 0 Å². The number of halogens is 1. The summed E-state index contributed by atoms with van der Waals surface area (Å²) in [5.41, 5.74) is 0.354. The van der Waals surface area contributed by atoms with Crippen LogP contribution in [-0.2, 0) is 0 Å². The number of nitrogens with one attached hydrogen (secondary N) is 2. The standard InChI is InChI=1S/C17H17FN4O2S/c1-9-13-11(18)5-2-6-12(13)25-14(9)16(23)22-7-3-4-10(8-22)15-19-17(24)21-20-15/h2,5-6,10H,3-4,7-8H2,1H3,(H2,19,20,21,24). The van der Waals surface area contributed by atoms with E-state index in [9.17, 15) is 14.0 Å². The third kappa shape index (κ3) is 2.76. The van der Waals surface area contributed by atoms with E-state index in [0.717, 1.165) is 17.5 Å². The zero-order valence-electron chi connectivity index (χ0n) is 13.6. The summed E-state index contributed by atoms with van der Waals surface area (Å²) in [7, 11) is 0. The maximum atomic E-state index is 14.1. The van der Waals surface area contributed by atoms with Crippen LogP contribution in [-0.4, -0.2) is 39.1 Å². The van der Waals surface area contributed by atoms with E-state index in [2.05, 4.69) is 15.2 Å². The smallest absolute Gasteiger partial charge is 0.337 e. The molecule has 1 fully saturated rings. The van der Waals surface area contributed by atoms with E-state index < -0.39 is 0 Å². The largest absolute Gasteiger partial charge is 0.340 e. The fourth-order valence-electron chi connectivity index (χ4n) is 3.46. The van der Waals surface area contributed by atoms with Crippen molar-refractivity contribution in [3.63, 3.8) is 0 Å². The summed E-state index contributed by atoms with van der Waals surface area (Å²) in [6.07, 6.45) is 1.70. The molecule has 0 spiro atoms. The topological polar surface area (TPSA) is 81.8 Å². The molecule has 0 bridgehead atoms. The molecule has 1 aliphatic rings. The van der Waals surface area contributed by atoms with Crippen molar-refractivity contribution in [2.45, 2.75) is 25.7 Å². The average Bonchev–Trinajstić information content (AvgIpc) is 3.19. The Morgan fingerprint density at radius 2 is 2.28 bits per heavy atom. The lowest BCUT2D eigenvalue weighted by Crippen LogP contribution is -2.39. The maximum Gasteiger partial charge on any atom is 0.340 e. The van der Waals surface area contributed by atoms with E-state index in [1.54, 1.807) is 17.9 Å². The lowest BCUT2D eigenvalue weighted by Gasteiger charge is -2.31. The summed E-state index contributed by atoms with van der Waals surface area (Å²) in [5.74, 6) is 0.210. The highest BCUT2D eigenvalue weighted by Gasteiger charge is 2.29. The van der Waals surface area contributed by atoms with Crippen molar-refractivity contribution >= 4 is 27.3 Å². The van der Waals surface area contributed by atoms with Gasteiger partial charge in [0.25, 0.3) is 5.91 Å². The molecule has 0 saturated carbocycles. The Kier molecular flexibility index (Phi) is 3.91. The number of H-pyrrole nitrogens is 2. The minimum absolute atomic E-state index is 0.00284. The first-order chi connectivity index (χ1) is 12.0. The van der Waals surface area contributed by atoms with E-state index in [-0.39, 0.29) is 23.3 Å². The summed E-state index contributed by atoms with van der Waals surface area (Å²) < 4.78 is 14.9. The molecule has 0 radical (unpaired) electrons. The van der Waals surface area contributed by atoms with Crippen molar-refractivity contribution in [3.05, 3.63) is 50.8 Å². The third-order valence-electron chi connectivity index (χ3n) is 4.71. The van der Waals surface area contributed by atoms with Gasteiger partial charge in [-0.15, -0.1) is 11.3 Å². The number of nitrogens with zero attached hydrogens (tertiary/aromatic N) is 2. The quantitative estimate of drug-likeness (QED) is 0.737. The van der Waals surface area contributed by atoms with Crippen LogP contribution in [0.25, 0.3) is 10.1 Å². The predicted octanol–water partition coefficient (Wildman–Crippen LogP) is 2.78. The van der Waals surface area contributed by atoms with Crippen LogP contribution >= 0.6 is 11.3 Å². The van der Waals surface area contributed by atoms with Crippen LogP contribution in [0.5, 0.6) is 0 Å². The SMILES string of the molecule is Cc1c(C(=O)N2CCCC(c3n[nH]c(=O)[nH]3)C2)sc2cccc(F)c12. The fourth-order valence-corrected chi connectivity index (χ4v) is 4.65. The number of aryl methyl sites for hydroxylation is 1. The third-order valence-corrected chi connectivity index (χ3v) is 5.96. The van der Waals surface area contributed by atoms with Crippen LogP contribution in [0.2, 0.25) is 0 Å². The monoisotopic (exact) mass is 360 g/mol. The van der Waals surface area contributed by atoms with Gasteiger partial charge >= 0.3 is 5.69 Å². The van der Waals surface area contributed by atoms with Gasteiger partial charge in [-0.3, -0.25) is 9.78 Å². The number of hydrogen-bond donors (Lipinski definition) is 2. The molecule has 25 heavy (non-hydrogen) atoms. The number of amides is 1. The molecule has 1 unspecified atom stereocenters. The maximum absolute atomic E-state index is 14.1. The van der Waals surface area contributed by atoms with Gasteiger partial charge in [-0.2, -0.15) is 5.10 Å². The molecule has 1 saturated heterocycles. The van der Waals surface area contributed by atoms with Crippen molar-refractivity contribution in [2.75, 3.05) is 13.1 Å². The van der Waals surface area contributed by atoms with E-state index in [1.807, 2.05) is 6.07 Å². The second-order valence-corrected chi connectivity index (χ2v) is 7.37. The van der Waals surface area contributed by atoms with Gasteiger partial charge < -0.3 is 4.90 Å². The zero-order chi connectivity index (χ0) is 17.6. The molecule has 2 N–H and O–H groups in total. The molecule has 3 heterocycles. The predicted molar refractivity (Wildman–Crippen MR) is 93.6 cm³/mol. The second-order valence-electron chi connectivity index (χ2n) is 6.32. The van der Waals surface area contributed by atoms with Crippen molar-refractivity contribution < 1.29 is 9.18 Å². The van der Waals surface area contributed by atoms with Crippen LogP contribution in [0, 0.1) is 12.7 Å². The highest BCUT2D eigenvalue weighted by atomic mass is 32.1. The number of thiophene rings is 1. The van der Waals surface area contributed by atoms with Gasteiger partial charge in [-0.05, 0) is 37.5 Å². The molecule has 4 rings (SSSR count). The molecular weight excluding hydrogens is 343 g/mol. The molecule has 1 atom stereocenters. The van der Waals surface area contributed by atoms with Gasteiger partial charge in [0.2, 0.25) is 0 Å². The number of fused-ring (bicyclic) bond motifs is 1. The number of aromatic amines is 2. The first-order valence-corrected chi connectivity index (χ1v) is 8.97. The number of hydrogen-bond acceptors (Lipinski definition) is 4. The number of aromatic nitrogens is 3. The van der Waals surface area contributed by atoms with E-state index in [4.69, 9.17) is 0 Å². The minimum atomic E-state index is -0.339. The first kappa shape index (κ1) is 16.0. The van der Waals surface area contributed by atoms with Crippen LogP contribution in [0.15, 0.2) is 23.0 Å². The van der Waals surface area contributed by atoms with E-state index in [1.165, 1.54) is 17.4 Å².